The van der Waals surface area contributed by atoms with E-state index in [9.17, 15) is 12.8 Å². The Morgan fingerprint density at radius 2 is 2.12 bits per heavy atom. The Hall–Kier alpha value is -0.690. The lowest BCUT2D eigenvalue weighted by molar-refractivity contribution is 0.480. The molecule has 1 rings (SSSR count). The van der Waals surface area contributed by atoms with E-state index in [0.29, 0.717) is 6.54 Å². The molecular weight excluding hydrogens is 257 g/mol. The van der Waals surface area contributed by atoms with Crippen LogP contribution in [0, 0.1) is 5.82 Å². The Kier molecular flexibility index (Phi) is 4.67. The van der Waals surface area contributed by atoms with E-state index in [-0.39, 0.29) is 17.3 Å². The standard InChI is InChI=1S/C9H11ClFNO3S/c10-8-5-7(1-2-9(8)11)6-12-3-4-16(13,14)15/h1-2,5,12H,3-4,6H2,(H,13,14,15). The smallest absolute Gasteiger partial charge is 0.266 e. The van der Waals surface area contributed by atoms with Gasteiger partial charge in [-0.3, -0.25) is 4.55 Å². The van der Waals surface area contributed by atoms with E-state index >= 15 is 0 Å². The highest BCUT2D eigenvalue weighted by molar-refractivity contribution is 7.85. The number of nitrogens with one attached hydrogen (secondary N) is 1. The molecule has 0 unspecified atom stereocenters. The van der Waals surface area contributed by atoms with E-state index in [1.54, 1.807) is 6.07 Å². The Bertz CT molecular complexity index is 464. The lowest BCUT2D eigenvalue weighted by Crippen LogP contribution is -2.22. The van der Waals surface area contributed by atoms with Crippen LogP contribution in [0.5, 0.6) is 0 Å². The summed E-state index contributed by atoms with van der Waals surface area (Å²) in [5, 5.41) is 2.81. The molecule has 0 saturated carbocycles. The molecule has 16 heavy (non-hydrogen) atoms. The van der Waals surface area contributed by atoms with Crippen LogP contribution in [-0.4, -0.2) is 25.3 Å². The molecule has 0 heterocycles. The monoisotopic (exact) mass is 267 g/mol. The third kappa shape index (κ3) is 4.89. The zero-order valence-electron chi connectivity index (χ0n) is 8.28. The largest absolute Gasteiger partial charge is 0.312 e. The van der Waals surface area contributed by atoms with Crippen LogP contribution in [-0.2, 0) is 16.7 Å². The van der Waals surface area contributed by atoms with Gasteiger partial charge in [0.1, 0.15) is 5.82 Å². The van der Waals surface area contributed by atoms with Crippen LogP contribution < -0.4 is 5.32 Å². The number of hydrogen-bond acceptors (Lipinski definition) is 3. The van der Waals surface area contributed by atoms with Gasteiger partial charge in [0.15, 0.2) is 0 Å². The van der Waals surface area contributed by atoms with Gasteiger partial charge in [0.2, 0.25) is 0 Å². The molecular formula is C9H11ClFNO3S. The normalized spacial score (nSPS) is 11.7. The van der Waals surface area contributed by atoms with Gasteiger partial charge in [0.05, 0.1) is 10.8 Å². The number of hydrogen-bond donors (Lipinski definition) is 2. The highest BCUT2D eigenvalue weighted by atomic mass is 35.5. The minimum Gasteiger partial charge on any atom is -0.312 e. The summed E-state index contributed by atoms with van der Waals surface area (Å²) in [6.45, 7) is 0.476. The lowest BCUT2D eigenvalue weighted by atomic mass is 10.2. The molecule has 7 heteroatoms. The fraction of sp³-hybridized carbons (Fsp3) is 0.333. The van der Waals surface area contributed by atoms with Crippen molar-refractivity contribution in [3.8, 4) is 0 Å². The van der Waals surface area contributed by atoms with Crippen molar-refractivity contribution in [2.24, 2.45) is 0 Å². The predicted molar refractivity (Wildman–Crippen MR) is 59.5 cm³/mol. The number of benzene rings is 1. The van der Waals surface area contributed by atoms with E-state index in [0.717, 1.165) is 5.56 Å². The molecule has 0 fully saturated rings. The SMILES string of the molecule is O=S(=O)(O)CCNCc1ccc(F)c(Cl)c1. The maximum Gasteiger partial charge on any atom is 0.266 e. The Morgan fingerprint density at radius 1 is 1.44 bits per heavy atom. The van der Waals surface area contributed by atoms with Crippen molar-refractivity contribution in [2.75, 3.05) is 12.3 Å². The van der Waals surface area contributed by atoms with E-state index < -0.39 is 15.9 Å². The molecule has 0 aliphatic carbocycles. The van der Waals surface area contributed by atoms with Crippen LogP contribution in [0.1, 0.15) is 5.56 Å². The highest BCUT2D eigenvalue weighted by Crippen LogP contribution is 2.15. The molecule has 0 aliphatic rings. The Labute approximate surface area is 98.2 Å². The van der Waals surface area contributed by atoms with Crippen LogP contribution in [0.3, 0.4) is 0 Å². The van der Waals surface area contributed by atoms with Crippen LogP contribution in [0.4, 0.5) is 4.39 Å². The summed E-state index contributed by atoms with van der Waals surface area (Å²) in [5.74, 6) is -0.856. The summed E-state index contributed by atoms with van der Waals surface area (Å²) in [7, 11) is -3.94. The van der Waals surface area contributed by atoms with Gasteiger partial charge < -0.3 is 5.32 Å². The molecule has 0 aromatic heterocycles. The number of rotatable bonds is 5. The molecule has 0 atom stereocenters. The van der Waals surface area contributed by atoms with Crippen molar-refractivity contribution >= 4 is 21.7 Å². The van der Waals surface area contributed by atoms with Crippen molar-refractivity contribution in [1.82, 2.24) is 5.32 Å². The fourth-order valence-electron chi connectivity index (χ4n) is 1.08. The molecule has 1 aromatic carbocycles. The van der Waals surface area contributed by atoms with Gasteiger partial charge in [0.25, 0.3) is 10.1 Å². The molecule has 0 spiro atoms. The topological polar surface area (TPSA) is 66.4 Å². The molecule has 0 amide bonds. The van der Waals surface area contributed by atoms with Gasteiger partial charge in [-0.25, -0.2) is 4.39 Å². The van der Waals surface area contributed by atoms with E-state index in [1.807, 2.05) is 0 Å². The third-order valence-corrected chi connectivity index (χ3v) is 2.86. The van der Waals surface area contributed by atoms with E-state index in [1.165, 1.54) is 12.1 Å². The second-order valence-corrected chi connectivity index (χ2v) is 5.19. The Morgan fingerprint density at radius 3 is 2.69 bits per heavy atom. The maximum absolute atomic E-state index is 12.8. The molecule has 0 saturated heterocycles. The molecule has 0 bridgehead atoms. The molecule has 90 valence electrons. The van der Waals surface area contributed by atoms with Crippen LogP contribution >= 0.6 is 11.6 Å². The second-order valence-electron chi connectivity index (χ2n) is 3.21. The lowest BCUT2D eigenvalue weighted by Gasteiger charge is -2.04. The van der Waals surface area contributed by atoms with Crippen molar-refractivity contribution < 1.29 is 17.4 Å². The van der Waals surface area contributed by atoms with Crippen molar-refractivity contribution in [2.45, 2.75) is 6.54 Å². The Balaban J connectivity index is 2.41. The summed E-state index contributed by atoms with van der Waals surface area (Å²) in [6.07, 6.45) is 0. The fourth-order valence-corrected chi connectivity index (χ4v) is 1.69. The molecule has 0 aliphatic heterocycles. The maximum atomic E-state index is 12.8. The van der Waals surface area contributed by atoms with Crippen LogP contribution in [0.25, 0.3) is 0 Å². The third-order valence-electron chi connectivity index (χ3n) is 1.85. The first kappa shape index (κ1) is 13.4. The van der Waals surface area contributed by atoms with Crippen molar-refractivity contribution in [3.63, 3.8) is 0 Å². The first-order valence-corrected chi connectivity index (χ1v) is 6.47. The first-order chi connectivity index (χ1) is 7.38. The van der Waals surface area contributed by atoms with E-state index in [4.69, 9.17) is 16.2 Å². The predicted octanol–water partition coefficient (Wildman–Crippen LogP) is 1.46. The minimum atomic E-state index is -3.94. The number of halogens is 2. The summed E-state index contributed by atoms with van der Waals surface area (Å²) < 4.78 is 42.0. The minimum absolute atomic E-state index is 0.0223. The summed E-state index contributed by atoms with van der Waals surface area (Å²) in [4.78, 5) is 0. The molecule has 2 N–H and O–H groups in total. The summed E-state index contributed by atoms with van der Waals surface area (Å²) in [6, 6.07) is 4.24. The van der Waals surface area contributed by atoms with Crippen molar-refractivity contribution in [1.29, 1.82) is 0 Å². The van der Waals surface area contributed by atoms with Gasteiger partial charge in [-0.15, -0.1) is 0 Å². The van der Waals surface area contributed by atoms with Gasteiger partial charge in [-0.1, -0.05) is 17.7 Å². The van der Waals surface area contributed by atoms with Crippen LogP contribution in [0.15, 0.2) is 18.2 Å². The molecule has 1 aromatic rings. The quantitative estimate of drug-likeness (QED) is 0.626. The molecule has 0 radical (unpaired) electrons. The average Bonchev–Trinajstić information content (AvgIpc) is 2.17. The van der Waals surface area contributed by atoms with Crippen molar-refractivity contribution in [3.05, 3.63) is 34.6 Å². The first-order valence-electron chi connectivity index (χ1n) is 4.48. The molecule has 4 nitrogen and oxygen atoms in total. The van der Waals surface area contributed by atoms with Gasteiger partial charge in [-0.05, 0) is 17.7 Å². The van der Waals surface area contributed by atoms with Gasteiger partial charge >= 0.3 is 0 Å². The zero-order chi connectivity index (χ0) is 12.2. The van der Waals surface area contributed by atoms with Gasteiger partial charge in [-0.2, -0.15) is 8.42 Å². The van der Waals surface area contributed by atoms with Gasteiger partial charge in [0, 0.05) is 13.1 Å². The van der Waals surface area contributed by atoms with Crippen LogP contribution in [0.2, 0.25) is 5.02 Å². The van der Waals surface area contributed by atoms with E-state index in [2.05, 4.69) is 5.32 Å². The second kappa shape index (κ2) is 5.58. The summed E-state index contributed by atoms with van der Waals surface area (Å²) in [5.41, 5.74) is 0.738. The zero-order valence-corrected chi connectivity index (χ0v) is 9.85. The average molecular weight is 268 g/mol. The summed E-state index contributed by atoms with van der Waals surface area (Å²) >= 11 is 5.56. The highest BCUT2D eigenvalue weighted by Gasteiger charge is 2.04.